The van der Waals surface area contributed by atoms with E-state index >= 15 is 0 Å². The minimum absolute atomic E-state index is 0.164. The highest BCUT2D eigenvalue weighted by molar-refractivity contribution is 5.77. The average Bonchev–Trinajstić information content (AvgIpc) is 3.06. The smallest absolute Gasteiger partial charge is 0.223 e. The van der Waals surface area contributed by atoms with Gasteiger partial charge in [0.05, 0.1) is 7.11 Å². The molecule has 1 saturated heterocycles. The summed E-state index contributed by atoms with van der Waals surface area (Å²) in [5.41, 5.74) is 1.11. The second-order valence-corrected chi connectivity index (χ2v) is 6.08. The van der Waals surface area contributed by atoms with Crippen molar-refractivity contribution >= 4 is 5.91 Å². The van der Waals surface area contributed by atoms with E-state index in [-0.39, 0.29) is 11.8 Å². The van der Waals surface area contributed by atoms with Crippen LogP contribution in [0.4, 0.5) is 0 Å². The van der Waals surface area contributed by atoms with Gasteiger partial charge in [0.15, 0.2) is 0 Å². The van der Waals surface area contributed by atoms with Crippen LogP contribution in [0.5, 0.6) is 5.75 Å². The lowest BCUT2D eigenvalue weighted by molar-refractivity contribution is -0.133. The van der Waals surface area contributed by atoms with Crippen LogP contribution in [0.25, 0.3) is 0 Å². The summed E-state index contributed by atoms with van der Waals surface area (Å²) < 4.78 is 5.42. The van der Waals surface area contributed by atoms with Crippen LogP contribution in [-0.4, -0.2) is 43.6 Å². The number of methoxy groups -OCH3 is 1. The van der Waals surface area contributed by atoms with E-state index in [4.69, 9.17) is 4.74 Å². The molecule has 1 fully saturated rings. The molecule has 0 bridgehead atoms. The van der Waals surface area contributed by atoms with E-state index < -0.39 is 0 Å². The zero-order valence-corrected chi connectivity index (χ0v) is 14.0. The third-order valence-electron chi connectivity index (χ3n) is 4.41. The van der Waals surface area contributed by atoms with Gasteiger partial charge < -0.3 is 15.0 Å². The van der Waals surface area contributed by atoms with Crippen molar-refractivity contribution in [3.05, 3.63) is 29.8 Å². The van der Waals surface area contributed by atoms with Gasteiger partial charge in [-0.2, -0.15) is 0 Å². The maximum atomic E-state index is 12.8. The van der Waals surface area contributed by atoms with E-state index in [0.717, 1.165) is 43.8 Å². The molecule has 122 valence electrons. The fourth-order valence-electron chi connectivity index (χ4n) is 3.22. The van der Waals surface area contributed by atoms with Gasteiger partial charge in [-0.1, -0.05) is 32.0 Å². The molecule has 2 atom stereocenters. The van der Waals surface area contributed by atoms with Gasteiger partial charge >= 0.3 is 0 Å². The monoisotopic (exact) mass is 304 g/mol. The molecule has 0 aromatic heterocycles. The van der Waals surface area contributed by atoms with Crippen molar-refractivity contribution in [2.24, 2.45) is 0 Å². The Balaban J connectivity index is 2.04. The van der Waals surface area contributed by atoms with Crippen molar-refractivity contribution in [1.82, 2.24) is 10.2 Å². The van der Waals surface area contributed by atoms with Crippen LogP contribution in [0.1, 0.15) is 44.6 Å². The largest absolute Gasteiger partial charge is 0.496 e. The Morgan fingerprint density at radius 2 is 2.23 bits per heavy atom. The minimum Gasteiger partial charge on any atom is -0.496 e. The van der Waals surface area contributed by atoms with E-state index in [1.807, 2.05) is 18.2 Å². The molecule has 1 N–H and O–H groups in total. The summed E-state index contributed by atoms with van der Waals surface area (Å²) in [6.45, 7) is 7.03. The number of carbonyl (C=O) groups is 1. The minimum atomic E-state index is 0.164. The first-order valence-corrected chi connectivity index (χ1v) is 8.30. The summed E-state index contributed by atoms with van der Waals surface area (Å²) in [4.78, 5) is 14.8. The number of hydrogen-bond donors (Lipinski definition) is 1. The Hall–Kier alpha value is -1.55. The molecule has 22 heavy (non-hydrogen) atoms. The fraction of sp³-hybridized carbons (Fsp3) is 0.611. The first-order valence-electron chi connectivity index (χ1n) is 8.30. The molecule has 0 saturated carbocycles. The Labute approximate surface area is 133 Å². The third-order valence-corrected chi connectivity index (χ3v) is 4.41. The Bertz CT molecular complexity index is 484. The summed E-state index contributed by atoms with van der Waals surface area (Å²) in [5, 5.41) is 3.36. The van der Waals surface area contributed by atoms with Crippen LogP contribution >= 0.6 is 0 Å². The van der Waals surface area contributed by atoms with Crippen molar-refractivity contribution in [1.29, 1.82) is 0 Å². The summed E-state index contributed by atoms with van der Waals surface area (Å²) in [7, 11) is 1.68. The van der Waals surface area contributed by atoms with Crippen LogP contribution in [0, 0.1) is 0 Å². The molecule has 0 aliphatic carbocycles. The van der Waals surface area contributed by atoms with Gasteiger partial charge in [0.2, 0.25) is 5.91 Å². The van der Waals surface area contributed by atoms with Gasteiger partial charge in [0.1, 0.15) is 5.75 Å². The molecule has 1 amide bonds. The highest BCUT2D eigenvalue weighted by Gasteiger charge is 2.27. The highest BCUT2D eigenvalue weighted by atomic mass is 16.5. The summed E-state index contributed by atoms with van der Waals surface area (Å²) in [5.74, 6) is 1.29. The lowest BCUT2D eigenvalue weighted by atomic mass is 9.95. The van der Waals surface area contributed by atoms with Crippen LogP contribution in [0.15, 0.2) is 24.3 Å². The van der Waals surface area contributed by atoms with Crippen molar-refractivity contribution in [3.63, 3.8) is 0 Å². The highest BCUT2D eigenvalue weighted by Crippen LogP contribution is 2.29. The van der Waals surface area contributed by atoms with E-state index in [1.165, 1.54) is 0 Å². The van der Waals surface area contributed by atoms with Gasteiger partial charge in [0.25, 0.3) is 0 Å². The lowest BCUT2D eigenvalue weighted by Gasteiger charge is -2.29. The van der Waals surface area contributed by atoms with Crippen molar-refractivity contribution < 1.29 is 9.53 Å². The van der Waals surface area contributed by atoms with Gasteiger partial charge in [-0.15, -0.1) is 0 Å². The molecule has 1 aromatic rings. The van der Waals surface area contributed by atoms with Gasteiger partial charge in [0, 0.05) is 25.6 Å². The Kier molecular flexibility index (Phi) is 6.25. The molecule has 1 heterocycles. The number of amides is 1. The van der Waals surface area contributed by atoms with Crippen molar-refractivity contribution in [3.8, 4) is 5.75 Å². The summed E-state index contributed by atoms with van der Waals surface area (Å²) >= 11 is 0. The topological polar surface area (TPSA) is 41.6 Å². The predicted octanol–water partition coefficient (Wildman–Crippen LogP) is 2.79. The van der Waals surface area contributed by atoms with Crippen LogP contribution in [-0.2, 0) is 4.79 Å². The number of hydrogen-bond acceptors (Lipinski definition) is 3. The quantitative estimate of drug-likeness (QED) is 0.842. The molecule has 4 heteroatoms. The molecule has 2 unspecified atom stereocenters. The molecule has 0 radical (unpaired) electrons. The fourth-order valence-corrected chi connectivity index (χ4v) is 3.22. The number of nitrogens with zero attached hydrogens (tertiary/aromatic N) is 1. The molecule has 1 aromatic carbocycles. The standard InChI is InChI=1S/C18H28N2O2/c1-4-11-20(15-9-10-19-13-15)18(21)12-14(2)16-7-5-6-8-17(16)22-3/h5-8,14-15,19H,4,9-13H2,1-3H3. The first-order chi connectivity index (χ1) is 10.7. The number of rotatable bonds is 7. The summed E-state index contributed by atoms with van der Waals surface area (Å²) in [6.07, 6.45) is 2.61. The first kappa shape index (κ1) is 16.8. The number of para-hydroxylation sites is 1. The van der Waals surface area contributed by atoms with Crippen molar-refractivity contribution in [2.45, 2.75) is 45.1 Å². The van der Waals surface area contributed by atoms with Gasteiger partial charge in [-0.25, -0.2) is 0 Å². The Morgan fingerprint density at radius 1 is 1.45 bits per heavy atom. The molecular weight excluding hydrogens is 276 g/mol. The zero-order valence-electron chi connectivity index (χ0n) is 14.0. The van der Waals surface area contributed by atoms with E-state index in [9.17, 15) is 4.79 Å². The third kappa shape index (κ3) is 4.01. The molecular formula is C18H28N2O2. The maximum Gasteiger partial charge on any atom is 0.223 e. The SMILES string of the molecule is CCCN(C(=O)CC(C)c1ccccc1OC)C1CCNC1. The van der Waals surface area contributed by atoms with E-state index in [0.29, 0.717) is 12.5 Å². The van der Waals surface area contributed by atoms with E-state index in [2.05, 4.69) is 30.1 Å². The van der Waals surface area contributed by atoms with Gasteiger partial charge in [-0.05, 0) is 36.9 Å². The number of benzene rings is 1. The molecule has 0 spiro atoms. The molecule has 4 nitrogen and oxygen atoms in total. The average molecular weight is 304 g/mol. The second-order valence-electron chi connectivity index (χ2n) is 6.08. The number of carbonyl (C=O) groups excluding carboxylic acids is 1. The Morgan fingerprint density at radius 3 is 2.86 bits per heavy atom. The maximum absolute atomic E-state index is 12.8. The van der Waals surface area contributed by atoms with Crippen LogP contribution < -0.4 is 10.1 Å². The predicted molar refractivity (Wildman–Crippen MR) is 89.3 cm³/mol. The molecule has 2 rings (SSSR count). The molecule has 1 aliphatic rings. The summed E-state index contributed by atoms with van der Waals surface area (Å²) in [6, 6.07) is 8.34. The van der Waals surface area contributed by atoms with Crippen molar-refractivity contribution in [2.75, 3.05) is 26.7 Å². The lowest BCUT2D eigenvalue weighted by Crippen LogP contribution is -2.42. The normalized spacial score (nSPS) is 19.0. The van der Waals surface area contributed by atoms with Gasteiger partial charge in [-0.3, -0.25) is 4.79 Å². The zero-order chi connectivity index (χ0) is 15.9. The second kappa shape index (κ2) is 8.18. The van der Waals surface area contributed by atoms with E-state index in [1.54, 1.807) is 7.11 Å². The number of ether oxygens (including phenoxy) is 1. The van der Waals surface area contributed by atoms with Crippen LogP contribution in [0.3, 0.4) is 0 Å². The van der Waals surface area contributed by atoms with Crippen LogP contribution in [0.2, 0.25) is 0 Å². The number of nitrogens with one attached hydrogen (secondary N) is 1. The molecule has 1 aliphatic heterocycles.